The predicted octanol–water partition coefficient (Wildman–Crippen LogP) is 7.37. The Kier molecular flexibility index (Phi) is 6.21. The van der Waals surface area contributed by atoms with E-state index in [0.717, 1.165) is 11.8 Å². The van der Waals surface area contributed by atoms with Crippen LogP contribution in [-0.4, -0.2) is 0 Å². The molecule has 2 unspecified atom stereocenters. The van der Waals surface area contributed by atoms with Gasteiger partial charge in [-0.25, -0.2) is 0 Å². The molecule has 0 aliphatic heterocycles. The highest BCUT2D eigenvalue weighted by Crippen LogP contribution is 2.53. The Morgan fingerprint density at radius 3 is 1.24 bits per heavy atom. The summed E-state index contributed by atoms with van der Waals surface area (Å²) in [4.78, 5) is 0. The summed E-state index contributed by atoms with van der Waals surface area (Å²) >= 11 is 0. The van der Waals surface area contributed by atoms with Crippen molar-refractivity contribution in [3.05, 3.63) is 0 Å². The van der Waals surface area contributed by atoms with Crippen LogP contribution in [0.5, 0.6) is 0 Å². The van der Waals surface area contributed by atoms with Gasteiger partial charge in [0, 0.05) is 0 Å². The van der Waals surface area contributed by atoms with Crippen LogP contribution in [0.25, 0.3) is 0 Å². The van der Waals surface area contributed by atoms with Gasteiger partial charge in [-0.05, 0) is 54.8 Å². The Bertz CT molecular complexity index is 265. The molecule has 0 nitrogen and oxygen atoms in total. The van der Waals surface area contributed by atoms with Crippen LogP contribution in [0.15, 0.2) is 0 Å². The highest BCUT2D eigenvalue weighted by molar-refractivity contribution is 4.93. The fourth-order valence-electron chi connectivity index (χ4n) is 5.64. The molecular formula is C21H40. The fourth-order valence-corrected chi connectivity index (χ4v) is 5.64. The maximum atomic E-state index is 2.64. The Balaban J connectivity index is 2.08. The summed E-state index contributed by atoms with van der Waals surface area (Å²) in [6.07, 6.45) is 19.3. The minimum atomic E-state index is 0.600. The van der Waals surface area contributed by atoms with E-state index in [9.17, 15) is 0 Å². The Hall–Kier alpha value is 0. The lowest BCUT2D eigenvalue weighted by molar-refractivity contribution is 0.0161. The highest BCUT2D eigenvalue weighted by Gasteiger charge is 2.42. The lowest BCUT2D eigenvalue weighted by Gasteiger charge is -2.49. The van der Waals surface area contributed by atoms with E-state index in [1.54, 1.807) is 0 Å². The van der Waals surface area contributed by atoms with E-state index in [1.807, 2.05) is 0 Å². The third-order valence-corrected chi connectivity index (χ3v) is 7.60. The van der Waals surface area contributed by atoms with Gasteiger partial charge < -0.3 is 0 Å². The molecule has 0 aromatic rings. The number of hydrogen-bond donors (Lipinski definition) is 0. The van der Waals surface area contributed by atoms with Crippen LogP contribution in [0.2, 0.25) is 0 Å². The van der Waals surface area contributed by atoms with E-state index in [-0.39, 0.29) is 0 Å². The first-order valence-corrected chi connectivity index (χ1v) is 10.0. The second-order valence-electron chi connectivity index (χ2n) is 8.86. The van der Waals surface area contributed by atoms with Crippen LogP contribution >= 0.6 is 0 Å². The molecule has 2 rings (SSSR count). The third kappa shape index (κ3) is 4.05. The van der Waals surface area contributed by atoms with E-state index in [0.29, 0.717) is 10.8 Å². The van der Waals surface area contributed by atoms with E-state index < -0.39 is 0 Å². The van der Waals surface area contributed by atoms with Gasteiger partial charge in [-0.1, -0.05) is 79.1 Å². The molecule has 0 heterocycles. The zero-order valence-electron chi connectivity index (χ0n) is 15.3. The second kappa shape index (κ2) is 7.51. The van der Waals surface area contributed by atoms with Crippen LogP contribution in [0.4, 0.5) is 0 Å². The highest BCUT2D eigenvalue weighted by atomic mass is 14.5. The van der Waals surface area contributed by atoms with Crippen molar-refractivity contribution < 1.29 is 0 Å². The van der Waals surface area contributed by atoms with E-state index >= 15 is 0 Å². The zero-order valence-corrected chi connectivity index (χ0v) is 15.3. The van der Waals surface area contributed by atoms with Crippen molar-refractivity contribution in [3.8, 4) is 0 Å². The fraction of sp³-hybridized carbons (Fsp3) is 1.00. The summed E-state index contributed by atoms with van der Waals surface area (Å²) in [7, 11) is 0. The van der Waals surface area contributed by atoms with Crippen LogP contribution in [0.3, 0.4) is 0 Å². The minimum absolute atomic E-state index is 0.600. The SMILES string of the molecule is CCC(C)(CC(C)(CC)C1CCCCC1)C1CCCCC1. The van der Waals surface area contributed by atoms with Crippen molar-refractivity contribution in [2.24, 2.45) is 22.7 Å². The molecule has 0 heteroatoms. The zero-order chi connectivity index (χ0) is 15.3. The Morgan fingerprint density at radius 1 is 0.619 bits per heavy atom. The van der Waals surface area contributed by atoms with E-state index in [4.69, 9.17) is 0 Å². The average molecular weight is 293 g/mol. The topological polar surface area (TPSA) is 0 Å². The summed E-state index contributed by atoms with van der Waals surface area (Å²) in [5, 5.41) is 0. The van der Waals surface area contributed by atoms with Gasteiger partial charge in [-0.3, -0.25) is 0 Å². The minimum Gasteiger partial charge on any atom is -0.0649 e. The normalized spacial score (nSPS) is 28.0. The first kappa shape index (κ1) is 17.4. The van der Waals surface area contributed by atoms with E-state index in [1.165, 1.54) is 83.5 Å². The Labute approximate surface area is 134 Å². The van der Waals surface area contributed by atoms with Gasteiger partial charge in [-0.2, -0.15) is 0 Å². The van der Waals surface area contributed by atoms with Crippen molar-refractivity contribution in [1.82, 2.24) is 0 Å². The van der Waals surface area contributed by atoms with Gasteiger partial charge in [0.05, 0.1) is 0 Å². The average Bonchev–Trinajstić information content (AvgIpc) is 2.56. The van der Waals surface area contributed by atoms with Gasteiger partial charge in [0.1, 0.15) is 0 Å². The van der Waals surface area contributed by atoms with Crippen LogP contribution < -0.4 is 0 Å². The molecule has 2 aliphatic rings. The molecular weight excluding hydrogens is 252 g/mol. The van der Waals surface area contributed by atoms with Crippen molar-refractivity contribution >= 4 is 0 Å². The standard InChI is InChI=1S/C21H40/c1-5-20(3,18-13-9-7-10-14-18)17-21(4,6-2)19-15-11-8-12-16-19/h18-19H,5-17H2,1-4H3. The van der Waals surface area contributed by atoms with Crippen LogP contribution in [0, 0.1) is 22.7 Å². The van der Waals surface area contributed by atoms with Gasteiger partial charge >= 0.3 is 0 Å². The van der Waals surface area contributed by atoms with Gasteiger partial charge in [-0.15, -0.1) is 0 Å². The summed E-state index contributed by atoms with van der Waals surface area (Å²) in [6, 6.07) is 0. The monoisotopic (exact) mass is 292 g/mol. The maximum absolute atomic E-state index is 2.64. The quantitative estimate of drug-likeness (QED) is 0.479. The molecule has 0 aromatic heterocycles. The molecule has 2 saturated carbocycles. The lowest BCUT2D eigenvalue weighted by Crippen LogP contribution is -2.39. The van der Waals surface area contributed by atoms with Gasteiger partial charge in [0.2, 0.25) is 0 Å². The number of rotatable bonds is 6. The third-order valence-electron chi connectivity index (χ3n) is 7.60. The smallest absolute Gasteiger partial charge is 0.0295 e. The Morgan fingerprint density at radius 2 is 0.952 bits per heavy atom. The van der Waals surface area contributed by atoms with Crippen LogP contribution in [0.1, 0.15) is 111 Å². The molecule has 2 fully saturated rings. The molecule has 21 heavy (non-hydrogen) atoms. The molecule has 0 spiro atoms. The molecule has 0 aromatic carbocycles. The van der Waals surface area contributed by atoms with Crippen molar-refractivity contribution in [2.45, 2.75) is 111 Å². The molecule has 2 aliphatic carbocycles. The van der Waals surface area contributed by atoms with Crippen molar-refractivity contribution in [2.75, 3.05) is 0 Å². The largest absolute Gasteiger partial charge is 0.0649 e. The van der Waals surface area contributed by atoms with Crippen molar-refractivity contribution in [1.29, 1.82) is 0 Å². The maximum Gasteiger partial charge on any atom is -0.0295 e. The van der Waals surface area contributed by atoms with Gasteiger partial charge in [0.15, 0.2) is 0 Å². The summed E-state index contributed by atoms with van der Waals surface area (Å²) in [5.74, 6) is 2.01. The van der Waals surface area contributed by atoms with E-state index in [2.05, 4.69) is 27.7 Å². The molecule has 0 radical (unpaired) electrons. The van der Waals surface area contributed by atoms with Gasteiger partial charge in [0.25, 0.3) is 0 Å². The summed E-state index contributed by atoms with van der Waals surface area (Å²) in [5.41, 5.74) is 1.20. The lowest BCUT2D eigenvalue weighted by atomic mass is 9.56. The molecule has 2 atom stereocenters. The summed E-state index contributed by atoms with van der Waals surface area (Å²) < 4.78 is 0. The molecule has 124 valence electrons. The van der Waals surface area contributed by atoms with Crippen molar-refractivity contribution in [3.63, 3.8) is 0 Å². The first-order valence-electron chi connectivity index (χ1n) is 10.0. The molecule has 0 amide bonds. The predicted molar refractivity (Wildman–Crippen MR) is 94.6 cm³/mol. The molecule has 0 bridgehead atoms. The first-order chi connectivity index (χ1) is 10.0. The number of hydrogen-bond acceptors (Lipinski definition) is 0. The second-order valence-corrected chi connectivity index (χ2v) is 8.86. The molecule has 0 saturated heterocycles. The summed E-state index contributed by atoms with van der Waals surface area (Å²) in [6.45, 7) is 10.2. The molecule has 0 N–H and O–H groups in total. The van der Waals surface area contributed by atoms with Crippen LogP contribution in [-0.2, 0) is 0 Å².